The summed E-state index contributed by atoms with van der Waals surface area (Å²) < 4.78 is 28.6. The van der Waals surface area contributed by atoms with Crippen LogP contribution in [0.3, 0.4) is 0 Å². The van der Waals surface area contributed by atoms with E-state index in [1.54, 1.807) is 24.3 Å². The molecule has 0 spiro atoms. The Morgan fingerprint density at radius 2 is 1.74 bits per heavy atom. The zero-order valence-corrected chi connectivity index (χ0v) is 19.3. The van der Waals surface area contributed by atoms with Gasteiger partial charge in [-0.05, 0) is 43.2 Å². The fourth-order valence-corrected chi connectivity index (χ4v) is 4.46. The van der Waals surface area contributed by atoms with Crippen LogP contribution in [0.5, 0.6) is 28.7 Å². The number of aromatic hydroxyl groups is 1. The van der Waals surface area contributed by atoms with Crippen LogP contribution in [0.1, 0.15) is 28.4 Å². The number of rotatable bonds is 4. The summed E-state index contributed by atoms with van der Waals surface area (Å²) in [4.78, 5) is 26.2. The fourth-order valence-electron chi connectivity index (χ4n) is 4.46. The standard InChI is InChI=1S/C26H22O8/c1-12-7-6-8-17-20(12)24(28)26(3,33-17)34-22-18(31-5)9-13(2)19-15-10-14(30-4)11-16(27)21(15)25(29)32-23(19)22/h6-11,27H,1-5H3/t26-/m0/s1. The van der Waals surface area contributed by atoms with Crippen molar-refractivity contribution in [2.75, 3.05) is 14.2 Å². The van der Waals surface area contributed by atoms with Gasteiger partial charge < -0.3 is 28.5 Å². The lowest BCUT2D eigenvalue weighted by molar-refractivity contribution is -0.0552. The van der Waals surface area contributed by atoms with E-state index in [9.17, 15) is 14.7 Å². The number of phenolic OH excluding ortho intramolecular Hbond substituents is 1. The lowest BCUT2D eigenvalue weighted by atomic mass is 10.0. The largest absolute Gasteiger partial charge is 0.507 e. The van der Waals surface area contributed by atoms with Crippen molar-refractivity contribution in [3.8, 4) is 28.7 Å². The lowest BCUT2D eigenvalue weighted by Gasteiger charge is -2.25. The molecule has 5 rings (SSSR count). The third kappa shape index (κ3) is 2.98. The van der Waals surface area contributed by atoms with Crippen molar-refractivity contribution < 1.29 is 33.3 Å². The van der Waals surface area contributed by atoms with Crippen LogP contribution < -0.4 is 24.6 Å². The minimum Gasteiger partial charge on any atom is -0.507 e. The number of phenols is 1. The van der Waals surface area contributed by atoms with Crippen molar-refractivity contribution in [1.29, 1.82) is 0 Å². The molecule has 1 N–H and O–H groups in total. The first-order valence-electron chi connectivity index (χ1n) is 10.6. The third-order valence-corrected chi connectivity index (χ3v) is 6.09. The van der Waals surface area contributed by atoms with Crippen LogP contribution in [0.4, 0.5) is 0 Å². The van der Waals surface area contributed by atoms with Crippen LogP contribution >= 0.6 is 0 Å². The Morgan fingerprint density at radius 3 is 2.41 bits per heavy atom. The lowest BCUT2D eigenvalue weighted by Crippen LogP contribution is -2.43. The zero-order chi connectivity index (χ0) is 24.4. The number of ketones is 1. The summed E-state index contributed by atoms with van der Waals surface area (Å²) in [5, 5.41) is 11.4. The number of hydrogen-bond acceptors (Lipinski definition) is 8. The highest BCUT2D eigenvalue weighted by atomic mass is 16.7. The van der Waals surface area contributed by atoms with Crippen LogP contribution in [0.25, 0.3) is 21.7 Å². The van der Waals surface area contributed by atoms with Crippen molar-refractivity contribution in [2.24, 2.45) is 0 Å². The minimum absolute atomic E-state index is 0.00921. The van der Waals surface area contributed by atoms with E-state index < -0.39 is 11.4 Å². The molecule has 0 unspecified atom stereocenters. The molecule has 1 aromatic heterocycles. The summed E-state index contributed by atoms with van der Waals surface area (Å²) in [6.07, 6.45) is 0. The number of methoxy groups -OCH3 is 2. The summed E-state index contributed by atoms with van der Waals surface area (Å²) in [7, 11) is 2.90. The maximum Gasteiger partial charge on any atom is 0.348 e. The predicted octanol–water partition coefficient (Wildman–Crippen LogP) is 4.66. The molecule has 1 atom stereocenters. The van der Waals surface area contributed by atoms with Gasteiger partial charge in [0.1, 0.15) is 22.6 Å². The number of fused-ring (bicyclic) bond motifs is 4. The van der Waals surface area contributed by atoms with E-state index in [-0.39, 0.29) is 34.0 Å². The topological polar surface area (TPSA) is 104 Å². The summed E-state index contributed by atoms with van der Waals surface area (Å²) in [5.41, 5.74) is 1.18. The molecule has 0 aliphatic carbocycles. The Kier molecular flexibility index (Phi) is 4.72. The number of carbonyl (C=O) groups excluding carboxylic acids is 1. The molecule has 8 nitrogen and oxygen atoms in total. The van der Waals surface area contributed by atoms with E-state index in [2.05, 4.69) is 0 Å². The molecule has 0 radical (unpaired) electrons. The van der Waals surface area contributed by atoms with E-state index >= 15 is 0 Å². The van der Waals surface area contributed by atoms with Gasteiger partial charge in [-0.2, -0.15) is 0 Å². The molecule has 174 valence electrons. The van der Waals surface area contributed by atoms with E-state index in [0.717, 1.165) is 5.56 Å². The summed E-state index contributed by atoms with van der Waals surface area (Å²) >= 11 is 0. The van der Waals surface area contributed by atoms with Gasteiger partial charge in [0.2, 0.25) is 5.75 Å². The molecule has 1 aliphatic heterocycles. The Hall–Kier alpha value is -4.20. The highest BCUT2D eigenvalue weighted by Crippen LogP contribution is 2.46. The molecule has 0 saturated carbocycles. The van der Waals surface area contributed by atoms with E-state index in [0.29, 0.717) is 33.4 Å². The molecule has 34 heavy (non-hydrogen) atoms. The number of ether oxygens (including phenoxy) is 4. The first-order chi connectivity index (χ1) is 16.2. The van der Waals surface area contributed by atoms with Crippen LogP contribution in [0.2, 0.25) is 0 Å². The molecule has 0 bridgehead atoms. The number of hydrogen-bond donors (Lipinski definition) is 1. The number of Topliss-reactive ketones (excluding diaryl/α,β-unsaturated/α-hetero) is 1. The number of aryl methyl sites for hydroxylation is 2. The molecule has 2 heterocycles. The maximum absolute atomic E-state index is 13.3. The molecule has 0 amide bonds. The second-order valence-corrected chi connectivity index (χ2v) is 8.31. The maximum atomic E-state index is 13.3. The molecule has 3 aromatic carbocycles. The fraction of sp³-hybridized carbons (Fsp3) is 0.231. The average Bonchev–Trinajstić information content (AvgIpc) is 3.05. The van der Waals surface area contributed by atoms with Crippen molar-refractivity contribution in [1.82, 2.24) is 0 Å². The van der Waals surface area contributed by atoms with Gasteiger partial charge in [0.15, 0.2) is 11.3 Å². The Bertz CT molecular complexity index is 1570. The van der Waals surface area contributed by atoms with Gasteiger partial charge in [-0.3, -0.25) is 4.79 Å². The van der Waals surface area contributed by atoms with Crippen LogP contribution in [0, 0.1) is 13.8 Å². The molecular weight excluding hydrogens is 440 g/mol. The van der Waals surface area contributed by atoms with Gasteiger partial charge in [-0.15, -0.1) is 0 Å². The molecular formula is C26H22O8. The average molecular weight is 462 g/mol. The van der Waals surface area contributed by atoms with E-state index in [4.69, 9.17) is 23.4 Å². The smallest absolute Gasteiger partial charge is 0.348 e. The Morgan fingerprint density at radius 1 is 0.971 bits per heavy atom. The SMILES string of the molecule is COc1cc(O)c2c(=O)oc3c(O[C@]4(C)Oc5cccc(C)c5C4=O)c(OC)cc(C)c3c2c1. The van der Waals surface area contributed by atoms with Gasteiger partial charge in [-0.1, -0.05) is 12.1 Å². The van der Waals surface area contributed by atoms with Crippen LogP contribution in [-0.4, -0.2) is 30.9 Å². The van der Waals surface area contributed by atoms with Gasteiger partial charge in [-0.25, -0.2) is 4.79 Å². The Balaban J connectivity index is 1.79. The normalized spacial score (nSPS) is 17.0. The predicted molar refractivity (Wildman–Crippen MR) is 125 cm³/mol. The highest BCUT2D eigenvalue weighted by molar-refractivity contribution is 6.11. The van der Waals surface area contributed by atoms with Crippen molar-refractivity contribution in [2.45, 2.75) is 26.6 Å². The molecule has 8 heteroatoms. The van der Waals surface area contributed by atoms with Crippen molar-refractivity contribution in [3.63, 3.8) is 0 Å². The third-order valence-electron chi connectivity index (χ3n) is 6.09. The van der Waals surface area contributed by atoms with E-state index in [1.165, 1.54) is 27.2 Å². The van der Waals surface area contributed by atoms with Gasteiger partial charge >= 0.3 is 11.4 Å². The summed E-state index contributed by atoms with van der Waals surface area (Å²) in [6.45, 7) is 5.13. The van der Waals surface area contributed by atoms with Crippen molar-refractivity contribution in [3.05, 3.63) is 63.5 Å². The van der Waals surface area contributed by atoms with Gasteiger partial charge in [0.05, 0.1) is 19.8 Å². The second-order valence-electron chi connectivity index (χ2n) is 8.31. The molecule has 4 aromatic rings. The van der Waals surface area contributed by atoms with Crippen LogP contribution in [-0.2, 0) is 0 Å². The quantitative estimate of drug-likeness (QED) is 0.345. The monoisotopic (exact) mass is 462 g/mol. The van der Waals surface area contributed by atoms with Crippen LogP contribution in [0.15, 0.2) is 45.6 Å². The first-order valence-corrected chi connectivity index (χ1v) is 10.6. The summed E-state index contributed by atoms with van der Waals surface area (Å²) in [5.74, 6) is -1.29. The second kappa shape index (κ2) is 7.41. The Labute approximate surface area is 194 Å². The van der Waals surface area contributed by atoms with E-state index in [1.807, 2.05) is 19.9 Å². The first kappa shape index (κ1) is 21.6. The molecule has 0 fully saturated rings. The highest BCUT2D eigenvalue weighted by Gasteiger charge is 2.48. The van der Waals surface area contributed by atoms with Gasteiger partial charge in [0.25, 0.3) is 5.78 Å². The summed E-state index contributed by atoms with van der Waals surface area (Å²) in [6, 6.07) is 9.98. The minimum atomic E-state index is -1.71. The van der Waals surface area contributed by atoms with Gasteiger partial charge in [0, 0.05) is 23.8 Å². The molecule has 1 aliphatic rings. The zero-order valence-electron chi connectivity index (χ0n) is 19.3. The number of carbonyl (C=O) groups is 1. The van der Waals surface area contributed by atoms with Crippen molar-refractivity contribution >= 4 is 27.5 Å². The molecule has 0 saturated heterocycles. The number of benzene rings is 3.